The number of hydrogen-bond acceptors (Lipinski definition) is 3. The second kappa shape index (κ2) is 8.23. The molecule has 0 heterocycles. The predicted molar refractivity (Wildman–Crippen MR) is 98.5 cm³/mol. The van der Waals surface area contributed by atoms with E-state index in [0.29, 0.717) is 24.7 Å². The van der Waals surface area contributed by atoms with Gasteiger partial charge in [0.15, 0.2) is 0 Å². The van der Waals surface area contributed by atoms with Crippen molar-refractivity contribution in [2.24, 2.45) is 0 Å². The van der Waals surface area contributed by atoms with Gasteiger partial charge in [0.1, 0.15) is 12.4 Å². The Hall–Kier alpha value is -2.24. The van der Waals surface area contributed by atoms with E-state index in [-0.39, 0.29) is 12.1 Å². The summed E-state index contributed by atoms with van der Waals surface area (Å²) in [5.41, 5.74) is 3.02. The van der Waals surface area contributed by atoms with Crippen molar-refractivity contribution >= 4 is 23.3 Å². The molecule has 2 amide bonds. The number of carbonyl (C=O) groups is 1. The normalized spacial score (nSPS) is 15.5. The van der Waals surface area contributed by atoms with Crippen molar-refractivity contribution in [1.29, 1.82) is 0 Å². The van der Waals surface area contributed by atoms with Crippen LogP contribution in [0.2, 0.25) is 5.02 Å². The third kappa shape index (κ3) is 4.65. The number of nitrogens with one attached hydrogen (secondary N) is 2. The van der Waals surface area contributed by atoms with Crippen LogP contribution in [-0.2, 0) is 11.2 Å². The van der Waals surface area contributed by atoms with Crippen molar-refractivity contribution in [3.63, 3.8) is 0 Å². The maximum absolute atomic E-state index is 12.3. The molecule has 0 saturated heterocycles. The summed E-state index contributed by atoms with van der Waals surface area (Å²) < 4.78 is 10.5. The molecular formula is C19H21ClN2O3. The number of anilines is 1. The van der Waals surface area contributed by atoms with Gasteiger partial charge >= 0.3 is 6.03 Å². The van der Waals surface area contributed by atoms with E-state index in [0.717, 1.165) is 23.4 Å². The van der Waals surface area contributed by atoms with E-state index in [1.165, 1.54) is 5.56 Å². The average Bonchev–Trinajstić information content (AvgIpc) is 2.97. The lowest BCUT2D eigenvalue weighted by molar-refractivity contribution is 0.146. The van der Waals surface area contributed by atoms with Gasteiger partial charge in [-0.15, -0.1) is 0 Å². The van der Waals surface area contributed by atoms with Gasteiger partial charge < -0.3 is 20.1 Å². The fourth-order valence-electron chi connectivity index (χ4n) is 2.97. The first kappa shape index (κ1) is 17.6. The maximum atomic E-state index is 12.3. The van der Waals surface area contributed by atoms with Crippen LogP contribution in [0.1, 0.15) is 23.6 Å². The van der Waals surface area contributed by atoms with E-state index >= 15 is 0 Å². The molecule has 3 rings (SSSR count). The number of halogens is 1. The van der Waals surface area contributed by atoms with Gasteiger partial charge in [-0.25, -0.2) is 4.79 Å². The number of carbonyl (C=O) groups excluding carboxylic acids is 1. The van der Waals surface area contributed by atoms with Gasteiger partial charge in [-0.2, -0.15) is 0 Å². The Kier molecular flexibility index (Phi) is 5.79. The zero-order chi connectivity index (χ0) is 17.6. The molecule has 6 heteroatoms. The fraction of sp³-hybridized carbons (Fsp3) is 0.316. The van der Waals surface area contributed by atoms with Gasteiger partial charge in [0.05, 0.1) is 12.6 Å². The van der Waals surface area contributed by atoms with Crippen LogP contribution in [0.25, 0.3) is 0 Å². The van der Waals surface area contributed by atoms with Crippen LogP contribution in [0.15, 0.2) is 42.5 Å². The molecule has 1 atom stereocenters. The number of aryl methyl sites for hydroxylation is 1. The average molecular weight is 361 g/mol. The lowest BCUT2D eigenvalue weighted by Crippen LogP contribution is -2.31. The van der Waals surface area contributed by atoms with Crippen LogP contribution in [0, 0.1) is 0 Å². The smallest absolute Gasteiger partial charge is 0.319 e. The highest BCUT2D eigenvalue weighted by molar-refractivity contribution is 6.30. The second-order valence-corrected chi connectivity index (χ2v) is 6.34. The topological polar surface area (TPSA) is 59.6 Å². The number of fused-ring (bicyclic) bond motifs is 1. The second-order valence-electron chi connectivity index (χ2n) is 5.90. The highest BCUT2D eigenvalue weighted by Gasteiger charge is 2.24. The molecule has 2 aromatic carbocycles. The number of urea groups is 1. The van der Waals surface area contributed by atoms with Crippen LogP contribution in [-0.4, -0.2) is 26.4 Å². The van der Waals surface area contributed by atoms with Crippen LogP contribution < -0.4 is 15.4 Å². The molecule has 5 nitrogen and oxygen atoms in total. The van der Waals surface area contributed by atoms with Crippen molar-refractivity contribution in [1.82, 2.24) is 5.32 Å². The monoisotopic (exact) mass is 360 g/mol. The van der Waals surface area contributed by atoms with Gasteiger partial charge in [0.2, 0.25) is 0 Å². The number of ether oxygens (including phenoxy) is 2. The van der Waals surface area contributed by atoms with Gasteiger partial charge in [-0.3, -0.25) is 0 Å². The highest BCUT2D eigenvalue weighted by atomic mass is 35.5. The molecule has 0 unspecified atom stereocenters. The van der Waals surface area contributed by atoms with Gasteiger partial charge in [-0.05, 0) is 48.2 Å². The first-order valence-electron chi connectivity index (χ1n) is 8.23. The third-order valence-electron chi connectivity index (χ3n) is 4.14. The highest BCUT2D eigenvalue weighted by Crippen LogP contribution is 2.32. The molecule has 2 N–H and O–H groups in total. The minimum absolute atomic E-state index is 0.00778. The lowest BCUT2D eigenvalue weighted by Gasteiger charge is -2.15. The maximum Gasteiger partial charge on any atom is 0.319 e. The number of amides is 2. The summed E-state index contributed by atoms with van der Waals surface area (Å²) in [7, 11) is 1.63. The Morgan fingerprint density at radius 1 is 1.24 bits per heavy atom. The Bertz CT molecular complexity index is 751. The zero-order valence-corrected chi connectivity index (χ0v) is 14.8. The number of rotatable bonds is 6. The largest absolute Gasteiger partial charge is 0.491 e. The molecule has 0 bridgehead atoms. The van der Waals surface area contributed by atoms with Crippen LogP contribution in [0.4, 0.5) is 10.5 Å². The van der Waals surface area contributed by atoms with Crippen molar-refractivity contribution in [3.8, 4) is 5.75 Å². The van der Waals surface area contributed by atoms with Gasteiger partial charge in [0, 0.05) is 23.9 Å². The third-order valence-corrected chi connectivity index (χ3v) is 4.37. The molecule has 0 saturated carbocycles. The summed E-state index contributed by atoms with van der Waals surface area (Å²) in [4.78, 5) is 12.3. The summed E-state index contributed by atoms with van der Waals surface area (Å²) in [6.45, 7) is 0.983. The predicted octanol–water partition coefficient (Wildman–Crippen LogP) is 4.17. The van der Waals surface area contributed by atoms with E-state index in [1.807, 2.05) is 36.4 Å². The van der Waals surface area contributed by atoms with Crippen molar-refractivity contribution < 1.29 is 14.3 Å². The summed E-state index contributed by atoms with van der Waals surface area (Å²) >= 11 is 6.02. The molecule has 132 valence electrons. The molecule has 1 aliphatic rings. The standard InChI is InChI=1S/C19H21ClN2O3/c1-24-9-10-25-16-4-2-3-15(12-16)21-19(23)22-18-8-5-13-11-14(20)6-7-17(13)18/h2-4,6-7,11-12,18H,5,8-10H2,1H3,(H2,21,22,23)/t18-/m1/s1. The Balaban J connectivity index is 1.58. The molecule has 1 aliphatic carbocycles. The molecule has 0 radical (unpaired) electrons. The van der Waals surface area contributed by atoms with Crippen molar-refractivity contribution in [2.75, 3.05) is 25.6 Å². The van der Waals surface area contributed by atoms with Crippen LogP contribution in [0.3, 0.4) is 0 Å². The molecule has 0 aliphatic heterocycles. The van der Waals surface area contributed by atoms with Crippen molar-refractivity contribution in [3.05, 3.63) is 58.6 Å². The van der Waals surface area contributed by atoms with Crippen molar-refractivity contribution in [2.45, 2.75) is 18.9 Å². The van der Waals surface area contributed by atoms with E-state index in [1.54, 1.807) is 13.2 Å². The number of benzene rings is 2. The lowest BCUT2D eigenvalue weighted by atomic mass is 10.1. The Morgan fingerprint density at radius 3 is 2.96 bits per heavy atom. The van der Waals surface area contributed by atoms with Gasteiger partial charge in [-0.1, -0.05) is 23.7 Å². The molecule has 0 aromatic heterocycles. The molecule has 2 aromatic rings. The van der Waals surface area contributed by atoms with Crippen LogP contribution in [0.5, 0.6) is 5.75 Å². The summed E-state index contributed by atoms with van der Waals surface area (Å²) in [6.07, 6.45) is 1.80. The Labute approximate surface area is 152 Å². The zero-order valence-electron chi connectivity index (χ0n) is 14.0. The quantitative estimate of drug-likeness (QED) is 0.760. The van der Waals surface area contributed by atoms with E-state index < -0.39 is 0 Å². The SMILES string of the molecule is COCCOc1cccc(NC(=O)N[C@@H]2CCc3cc(Cl)ccc32)c1. The Morgan fingerprint density at radius 2 is 2.12 bits per heavy atom. The summed E-state index contributed by atoms with van der Waals surface area (Å²) in [5, 5.41) is 6.61. The summed E-state index contributed by atoms with van der Waals surface area (Å²) in [5.74, 6) is 0.690. The van der Waals surface area contributed by atoms with E-state index in [9.17, 15) is 4.79 Å². The first-order chi connectivity index (χ1) is 12.2. The first-order valence-corrected chi connectivity index (χ1v) is 8.61. The molecule has 0 spiro atoms. The van der Waals surface area contributed by atoms with Gasteiger partial charge in [0.25, 0.3) is 0 Å². The molecular weight excluding hydrogens is 340 g/mol. The molecule has 0 fully saturated rings. The van der Waals surface area contributed by atoms with E-state index in [2.05, 4.69) is 10.6 Å². The summed E-state index contributed by atoms with van der Waals surface area (Å²) in [6, 6.07) is 12.9. The minimum atomic E-state index is -0.234. The van der Waals surface area contributed by atoms with Crippen LogP contribution >= 0.6 is 11.6 Å². The minimum Gasteiger partial charge on any atom is -0.491 e. The fourth-order valence-corrected chi connectivity index (χ4v) is 3.16. The number of hydrogen-bond donors (Lipinski definition) is 2. The van der Waals surface area contributed by atoms with E-state index in [4.69, 9.17) is 21.1 Å². The molecule has 25 heavy (non-hydrogen) atoms. The number of methoxy groups -OCH3 is 1.